The van der Waals surface area contributed by atoms with Crippen LogP contribution in [-0.4, -0.2) is 50.9 Å². The Labute approximate surface area is 173 Å². The Bertz CT molecular complexity index is 888. The summed E-state index contributed by atoms with van der Waals surface area (Å²) in [7, 11) is -3.65. The number of nitrogens with zero attached hydrogens (tertiary/aromatic N) is 2. The van der Waals surface area contributed by atoms with Gasteiger partial charge in [-0.1, -0.05) is 36.4 Å². The summed E-state index contributed by atoms with van der Waals surface area (Å²) in [5, 5.41) is 2.94. The van der Waals surface area contributed by atoms with Crippen LogP contribution in [0.1, 0.15) is 26.2 Å². The lowest BCUT2D eigenvalue weighted by Gasteiger charge is -2.25. The Balaban J connectivity index is 1.54. The van der Waals surface area contributed by atoms with Gasteiger partial charge in [0.1, 0.15) is 6.04 Å². The van der Waals surface area contributed by atoms with Crippen molar-refractivity contribution in [2.75, 3.05) is 31.1 Å². The number of nitrogens with one attached hydrogen (secondary N) is 1. The molecular formula is C22H29N3O3S. The minimum atomic E-state index is -3.65. The van der Waals surface area contributed by atoms with Gasteiger partial charge in [0.05, 0.1) is 4.90 Å². The van der Waals surface area contributed by atoms with Gasteiger partial charge in [-0.3, -0.25) is 4.79 Å². The number of benzene rings is 2. The van der Waals surface area contributed by atoms with Crippen molar-refractivity contribution in [3.63, 3.8) is 0 Å². The van der Waals surface area contributed by atoms with Crippen LogP contribution in [0.4, 0.5) is 5.69 Å². The van der Waals surface area contributed by atoms with Crippen molar-refractivity contribution in [2.24, 2.45) is 0 Å². The molecule has 3 rings (SSSR count). The van der Waals surface area contributed by atoms with E-state index in [1.165, 1.54) is 4.31 Å². The van der Waals surface area contributed by atoms with Crippen molar-refractivity contribution >= 4 is 21.6 Å². The zero-order valence-electron chi connectivity index (χ0n) is 16.8. The van der Waals surface area contributed by atoms with Crippen LogP contribution in [0, 0.1) is 0 Å². The smallest absolute Gasteiger partial charge is 0.243 e. The Morgan fingerprint density at radius 3 is 2.41 bits per heavy atom. The number of sulfonamides is 1. The van der Waals surface area contributed by atoms with Gasteiger partial charge >= 0.3 is 0 Å². The van der Waals surface area contributed by atoms with E-state index in [0.717, 1.165) is 25.2 Å². The topological polar surface area (TPSA) is 69.7 Å². The first-order chi connectivity index (χ1) is 14.0. The van der Waals surface area contributed by atoms with Gasteiger partial charge in [-0.05, 0) is 50.5 Å². The van der Waals surface area contributed by atoms with Crippen molar-refractivity contribution < 1.29 is 13.2 Å². The molecule has 0 aromatic heterocycles. The Kier molecular flexibility index (Phi) is 7.28. The number of rotatable bonds is 9. The summed E-state index contributed by atoms with van der Waals surface area (Å²) in [6.07, 6.45) is 2.05. The second-order valence-corrected chi connectivity index (χ2v) is 9.04. The van der Waals surface area contributed by atoms with Crippen molar-refractivity contribution in [3.8, 4) is 0 Å². The molecule has 2 aromatic carbocycles. The van der Waals surface area contributed by atoms with Gasteiger partial charge < -0.3 is 10.2 Å². The summed E-state index contributed by atoms with van der Waals surface area (Å²) in [5.74, 6) is -0.204. The molecule has 0 bridgehead atoms. The van der Waals surface area contributed by atoms with E-state index in [1.807, 2.05) is 18.2 Å². The Morgan fingerprint density at radius 1 is 1.10 bits per heavy atom. The summed E-state index contributed by atoms with van der Waals surface area (Å²) >= 11 is 0. The van der Waals surface area contributed by atoms with E-state index in [-0.39, 0.29) is 10.8 Å². The molecule has 1 saturated heterocycles. The van der Waals surface area contributed by atoms with Gasteiger partial charge in [0.2, 0.25) is 15.9 Å². The van der Waals surface area contributed by atoms with E-state index in [2.05, 4.69) is 29.3 Å². The predicted octanol–water partition coefficient (Wildman–Crippen LogP) is 2.87. The monoisotopic (exact) mass is 415 g/mol. The van der Waals surface area contributed by atoms with Crippen molar-refractivity contribution in [3.05, 3.63) is 60.7 Å². The molecule has 0 spiro atoms. The second-order valence-electron chi connectivity index (χ2n) is 7.15. The molecule has 1 heterocycles. The van der Waals surface area contributed by atoms with Gasteiger partial charge in [-0.15, -0.1) is 0 Å². The van der Waals surface area contributed by atoms with E-state index in [0.29, 0.717) is 25.9 Å². The van der Waals surface area contributed by atoms with Crippen LogP contribution in [0.5, 0.6) is 0 Å². The third-order valence-electron chi connectivity index (χ3n) is 5.26. The largest absolute Gasteiger partial charge is 0.372 e. The number of para-hydroxylation sites is 1. The lowest BCUT2D eigenvalue weighted by molar-refractivity contribution is -0.124. The van der Waals surface area contributed by atoms with Gasteiger partial charge in [0.25, 0.3) is 0 Å². The van der Waals surface area contributed by atoms with Crippen LogP contribution in [0.15, 0.2) is 65.6 Å². The first kappa shape index (κ1) is 21.3. The normalized spacial score (nSPS) is 17.2. The molecule has 1 amide bonds. The Hall–Kier alpha value is -2.38. The molecule has 2 aromatic rings. The van der Waals surface area contributed by atoms with Gasteiger partial charge in [0.15, 0.2) is 0 Å². The van der Waals surface area contributed by atoms with Crippen molar-refractivity contribution in [1.29, 1.82) is 0 Å². The maximum absolute atomic E-state index is 12.9. The third-order valence-corrected chi connectivity index (χ3v) is 7.19. The zero-order chi connectivity index (χ0) is 20.7. The molecule has 1 unspecified atom stereocenters. The molecule has 6 nitrogen and oxygen atoms in total. The predicted molar refractivity (Wildman–Crippen MR) is 115 cm³/mol. The standard InChI is InChI=1S/C22H29N3O3S/c1-2-24(19-11-5-3-6-12-19)17-10-16-23-22(26)21-15-9-18-25(21)29(27,28)20-13-7-4-8-14-20/h3-8,11-14,21H,2,9-10,15-18H2,1H3,(H,23,26). The van der Waals surface area contributed by atoms with E-state index in [1.54, 1.807) is 30.3 Å². The maximum atomic E-state index is 12.9. The zero-order valence-corrected chi connectivity index (χ0v) is 17.6. The molecule has 1 aliphatic heterocycles. The highest BCUT2D eigenvalue weighted by atomic mass is 32.2. The summed E-state index contributed by atoms with van der Waals surface area (Å²) < 4.78 is 27.2. The van der Waals surface area contributed by atoms with E-state index in [9.17, 15) is 13.2 Å². The van der Waals surface area contributed by atoms with Crippen LogP contribution in [0.2, 0.25) is 0 Å². The molecule has 7 heteroatoms. The van der Waals surface area contributed by atoms with E-state index in [4.69, 9.17) is 0 Å². The van der Waals surface area contributed by atoms with Gasteiger partial charge in [0, 0.05) is 31.9 Å². The van der Waals surface area contributed by atoms with Crippen LogP contribution < -0.4 is 10.2 Å². The first-order valence-electron chi connectivity index (χ1n) is 10.2. The fourth-order valence-corrected chi connectivity index (χ4v) is 5.40. The molecule has 1 N–H and O–H groups in total. The average Bonchev–Trinajstić information content (AvgIpc) is 3.26. The maximum Gasteiger partial charge on any atom is 0.243 e. The highest BCUT2D eigenvalue weighted by Gasteiger charge is 2.39. The summed E-state index contributed by atoms with van der Waals surface area (Å²) in [6.45, 7) is 4.74. The van der Waals surface area contributed by atoms with Gasteiger partial charge in [-0.2, -0.15) is 4.31 Å². The minimum absolute atomic E-state index is 0.204. The molecular weight excluding hydrogens is 386 g/mol. The summed E-state index contributed by atoms with van der Waals surface area (Å²) in [5.41, 5.74) is 1.16. The third kappa shape index (κ3) is 5.16. The summed E-state index contributed by atoms with van der Waals surface area (Å²) in [6, 6.07) is 17.9. The quantitative estimate of drug-likeness (QED) is 0.640. The molecule has 1 aliphatic rings. The summed E-state index contributed by atoms with van der Waals surface area (Å²) in [4.78, 5) is 15.2. The molecule has 29 heavy (non-hydrogen) atoms. The Morgan fingerprint density at radius 2 is 1.76 bits per heavy atom. The van der Waals surface area contributed by atoms with Crippen molar-refractivity contribution in [1.82, 2.24) is 9.62 Å². The number of anilines is 1. The minimum Gasteiger partial charge on any atom is -0.372 e. The highest BCUT2D eigenvalue weighted by molar-refractivity contribution is 7.89. The van der Waals surface area contributed by atoms with Crippen LogP contribution in [-0.2, 0) is 14.8 Å². The first-order valence-corrected chi connectivity index (χ1v) is 11.6. The average molecular weight is 416 g/mol. The van der Waals surface area contributed by atoms with E-state index < -0.39 is 16.1 Å². The molecule has 1 atom stereocenters. The number of carbonyl (C=O) groups excluding carboxylic acids is 1. The molecule has 0 saturated carbocycles. The number of amides is 1. The lowest BCUT2D eigenvalue weighted by Crippen LogP contribution is -2.46. The fourth-order valence-electron chi connectivity index (χ4n) is 3.73. The van der Waals surface area contributed by atoms with Crippen LogP contribution in [0.25, 0.3) is 0 Å². The SMILES string of the molecule is CCN(CCCNC(=O)C1CCCN1S(=O)(=O)c1ccccc1)c1ccccc1. The van der Waals surface area contributed by atoms with Gasteiger partial charge in [-0.25, -0.2) is 8.42 Å². The molecule has 0 aliphatic carbocycles. The number of carbonyl (C=O) groups is 1. The molecule has 0 radical (unpaired) electrons. The van der Waals surface area contributed by atoms with Crippen LogP contribution in [0.3, 0.4) is 0 Å². The van der Waals surface area contributed by atoms with Crippen LogP contribution >= 0.6 is 0 Å². The van der Waals surface area contributed by atoms with E-state index >= 15 is 0 Å². The van der Waals surface area contributed by atoms with Crippen molar-refractivity contribution in [2.45, 2.75) is 37.1 Å². The fraction of sp³-hybridized carbons (Fsp3) is 0.409. The number of hydrogen-bond donors (Lipinski definition) is 1. The highest BCUT2D eigenvalue weighted by Crippen LogP contribution is 2.26. The number of hydrogen-bond acceptors (Lipinski definition) is 4. The second kappa shape index (κ2) is 9.89. The molecule has 1 fully saturated rings. The molecule has 156 valence electrons. The lowest BCUT2D eigenvalue weighted by atomic mass is 10.2.